The van der Waals surface area contributed by atoms with Gasteiger partial charge in [0.05, 0.1) is 33.2 Å². The number of nitrogens with one attached hydrogen (secondary N) is 1. The van der Waals surface area contributed by atoms with Gasteiger partial charge in [0.1, 0.15) is 13.2 Å². The summed E-state index contributed by atoms with van der Waals surface area (Å²) in [5, 5.41) is 7.22. The van der Waals surface area contributed by atoms with Crippen LogP contribution in [0.2, 0.25) is 0 Å². The van der Waals surface area contributed by atoms with Gasteiger partial charge in [-0.3, -0.25) is 10.1 Å². The lowest BCUT2D eigenvalue weighted by atomic mass is 10.2. The lowest BCUT2D eigenvalue weighted by molar-refractivity contribution is -0.137. The Morgan fingerprint density at radius 1 is 1.16 bits per heavy atom. The molecule has 32 heavy (non-hydrogen) atoms. The first-order valence-electron chi connectivity index (χ1n) is 9.39. The molecule has 0 unspecified atom stereocenters. The van der Waals surface area contributed by atoms with Crippen LogP contribution in [-0.2, 0) is 6.18 Å². The molecule has 12 heteroatoms. The van der Waals surface area contributed by atoms with Crippen molar-refractivity contribution < 1.29 is 27.4 Å². The van der Waals surface area contributed by atoms with Crippen molar-refractivity contribution in [3.05, 3.63) is 53.5 Å². The summed E-state index contributed by atoms with van der Waals surface area (Å²) < 4.78 is 51.5. The van der Waals surface area contributed by atoms with Gasteiger partial charge in [-0.1, -0.05) is 11.3 Å². The summed E-state index contributed by atoms with van der Waals surface area (Å²) in [6, 6.07) is 5.69. The fourth-order valence-electron chi connectivity index (χ4n) is 3.23. The maximum Gasteiger partial charge on any atom is 0.417 e. The van der Waals surface area contributed by atoms with Crippen LogP contribution >= 0.6 is 11.3 Å². The molecular weight excluding hydrogens is 447 g/mol. The van der Waals surface area contributed by atoms with Crippen molar-refractivity contribution >= 4 is 32.6 Å². The van der Waals surface area contributed by atoms with Crippen LogP contribution in [0.25, 0.3) is 16.0 Å². The first-order chi connectivity index (χ1) is 15.3. The number of ether oxygens (including phenoxy) is 2. The van der Waals surface area contributed by atoms with E-state index in [1.807, 2.05) is 6.07 Å². The Kier molecular flexibility index (Phi) is 4.73. The van der Waals surface area contributed by atoms with Crippen LogP contribution in [0.5, 0.6) is 11.5 Å². The summed E-state index contributed by atoms with van der Waals surface area (Å²) in [7, 11) is 0. The Balaban J connectivity index is 1.38. The van der Waals surface area contributed by atoms with Crippen molar-refractivity contribution in [2.24, 2.45) is 0 Å². The van der Waals surface area contributed by atoms with Crippen LogP contribution in [0.15, 0.2) is 36.7 Å². The third-order valence-electron chi connectivity index (χ3n) is 4.82. The molecule has 8 nitrogen and oxygen atoms in total. The molecule has 1 aromatic carbocycles. The van der Waals surface area contributed by atoms with E-state index in [-0.39, 0.29) is 11.4 Å². The first-order valence-corrected chi connectivity index (χ1v) is 10.2. The van der Waals surface area contributed by atoms with Gasteiger partial charge in [-0.25, -0.2) is 14.6 Å². The van der Waals surface area contributed by atoms with E-state index in [2.05, 4.69) is 20.4 Å². The standard InChI is InChI=1S/C20H14F3N5O3S/c1-10-12(9-25-28(10)17-3-2-11(8-24-17)20(21,22)23)18(29)27-19-26-13-6-14-15(7-16(13)32-19)31-5-4-30-14/h2-3,6-9H,4-5H2,1H3,(H,26,27,29). The summed E-state index contributed by atoms with van der Waals surface area (Å²) in [5.41, 5.74) is 0.471. The highest BCUT2D eigenvalue weighted by Gasteiger charge is 2.31. The second-order valence-electron chi connectivity index (χ2n) is 6.90. The van der Waals surface area contributed by atoms with Gasteiger partial charge in [0.25, 0.3) is 5.91 Å². The normalized spacial score (nSPS) is 13.4. The maximum atomic E-state index is 12.8. The Bertz CT molecular complexity index is 1290. The largest absolute Gasteiger partial charge is 0.486 e. The fourth-order valence-corrected chi connectivity index (χ4v) is 4.10. The minimum atomic E-state index is -4.48. The van der Waals surface area contributed by atoms with Crippen molar-refractivity contribution in [1.82, 2.24) is 19.7 Å². The number of pyridine rings is 1. The number of nitrogens with zero attached hydrogens (tertiary/aromatic N) is 4. The highest BCUT2D eigenvalue weighted by molar-refractivity contribution is 7.22. The first kappa shape index (κ1) is 20.2. The monoisotopic (exact) mass is 461 g/mol. The molecule has 1 amide bonds. The number of carbonyl (C=O) groups is 1. The quantitative estimate of drug-likeness (QED) is 0.491. The lowest BCUT2D eigenvalue weighted by Gasteiger charge is -2.17. The third-order valence-corrected chi connectivity index (χ3v) is 5.75. The summed E-state index contributed by atoms with van der Waals surface area (Å²) in [6.07, 6.45) is -2.42. The number of carbonyl (C=O) groups excluding carboxylic acids is 1. The van der Waals surface area contributed by atoms with Gasteiger partial charge in [-0.2, -0.15) is 18.3 Å². The predicted octanol–water partition coefficient (Wildman–Crippen LogP) is 4.23. The molecule has 1 aliphatic heterocycles. The van der Waals surface area contributed by atoms with Gasteiger partial charge < -0.3 is 9.47 Å². The molecule has 5 rings (SSSR count). The highest BCUT2D eigenvalue weighted by Crippen LogP contribution is 2.38. The molecule has 0 bridgehead atoms. The van der Waals surface area contributed by atoms with Gasteiger partial charge in [-0.05, 0) is 19.1 Å². The average Bonchev–Trinajstić information content (AvgIpc) is 3.33. The molecule has 0 radical (unpaired) electrons. The molecule has 0 saturated carbocycles. The Morgan fingerprint density at radius 3 is 2.59 bits per heavy atom. The number of halogens is 3. The van der Waals surface area contributed by atoms with Crippen molar-refractivity contribution in [3.8, 4) is 17.3 Å². The molecule has 0 spiro atoms. The zero-order valence-electron chi connectivity index (χ0n) is 16.4. The summed E-state index contributed by atoms with van der Waals surface area (Å²) >= 11 is 1.28. The van der Waals surface area contributed by atoms with E-state index in [0.717, 1.165) is 17.0 Å². The lowest BCUT2D eigenvalue weighted by Crippen LogP contribution is -2.15. The second-order valence-corrected chi connectivity index (χ2v) is 7.93. The van der Waals surface area contributed by atoms with Crippen LogP contribution < -0.4 is 14.8 Å². The van der Waals surface area contributed by atoms with Crippen molar-refractivity contribution in [2.75, 3.05) is 18.5 Å². The van der Waals surface area contributed by atoms with Crippen LogP contribution in [0.3, 0.4) is 0 Å². The SMILES string of the molecule is Cc1c(C(=O)Nc2nc3cc4c(cc3s2)OCCO4)cnn1-c1ccc(C(F)(F)F)cn1. The number of aromatic nitrogens is 4. The van der Waals surface area contributed by atoms with Gasteiger partial charge in [-0.15, -0.1) is 0 Å². The minimum Gasteiger partial charge on any atom is -0.486 e. The summed E-state index contributed by atoms with van der Waals surface area (Å²) in [4.78, 5) is 21.0. The molecule has 4 aromatic rings. The topological polar surface area (TPSA) is 91.2 Å². The van der Waals surface area contributed by atoms with Crippen LogP contribution in [0, 0.1) is 6.92 Å². The summed E-state index contributed by atoms with van der Waals surface area (Å²) in [6.45, 7) is 2.56. The van der Waals surface area contributed by atoms with E-state index in [9.17, 15) is 18.0 Å². The number of benzene rings is 1. The van der Waals surface area contributed by atoms with E-state index < -0.39 is 17.6 Å². The molecule has 3 aromatic heterocycles. The maximum absolute atomic E-state index is 12.8. The molecule has 0 atom stereocenters. The molecule has 164 valence electrons. The predicted molar refractivity (Wildman–Crippen MR) is 110 cm³/mol. The molecule has 0 saturated heterocycles. The number of alkyl halides is 3. The molecule has 0 fully saturated rings. The van der Waals surface area contributed by atoms with Crippen LogP contribution in [0.4, 0.5) is 18.3 Å². The number of thiazole rings is 1. The van der Waals surface area contributed by atoms with E-state index in [4.69, 9.17) is 9.47 Å². The van der Waals surface area contributed by atoms with Crippen LogP contribution in [-0.4, -0.2) is 38.9 Å². The van der Waals surface area contributed by atoms with E-state index in [1.54, 1.807) is 13.0 Å². The van der Waals surface area contributed by atoms with Gasteiger partial charge in [0, 0.05) is 18.3 Å². The van der Waals surface area contributed by atoms with Gasteiger partial charge in [0.15, 0.2) is 22.4 Å². The van der Waals surface area contributed by atoms with Gasteiger partial charge >= 0.3 is 6.18 Å². The number of hydrogen-bond acceptors (Lipinski definition) is 7. The molecule has 1 aliphatic rings. The molecule has 1 N–H and O–H groups in total. The second kappa shape index (κ2) is 7.48. The minimum absolute atomic E-state index is 0.167. The number of rotatable bonds is 3. The average molecular weight is 461 g/mol. The Labute approximate surface area is 182 Å². The van der Waals surface area contributed by atoms with Crippen molar-refractivity contribution in [2.45, 2.75) is 13.1 Å². The summed E-state index contributed by atoms with van der Waals surface area (Å²) in [5.74, 6) is 0.955. The number of anilines is 1. The molecular formula is C20H14F3N5O3S. The number of fused-ring (bicyclic) bond motifs is 2. The number of hydrogen-bond donors (Lipinski definition) is 1. The van der Waals surface area contributed by atoms with Crippen LogP contribution in [0.1, 0.15) is 21.6 Å². The fraction of sp³-hybridized carbons (Fsp3) is 0.200. The van der Waals surface area contributed by atoms with Crippen molar-refractivity contribution in [1.29, 1.82) is 0 Å². The van der Waals surface area contributed by atoms with E-state index in [1.165, 1.54) is 28.3 Å². The molecule has 0 aliphatic carbocycles. The highest BCUT2D eigenvalue weighted by atomic mass is 32.1. The smallest absolute Gasteiger partial charge is 0.417 e. The zero-order chi connectivity index (χ0) is 22.5. The van der Waals surface area contributed by atoms with Gasteiger partial charge in [0.2, 0.25) is 0 Å². The van der Waals surface area contributed by atoms with E-state index in [0.29, 0.717) is 41.1 Å². The van der Waals surface area contributed by atoms with Crippen molar-refractivity contribution in [3.63, 3.8) is 0 Å². The molecule has 4 heterocycles. The Morgan fingerprint density at radius 2 is 1.91 bits per heavy atom. The zero-order valence-corrected chi connectivity index (χ0v) is 17.3. The van der Waals surface area contributed by atoms with E-state index >= 15 is 0 Å². The number of amides is 1. The Hall–Kier alpha value is -3.67. The third kappa shape index (κ3) is 3.62.